The van der Waals surface area contributed by atoms with E-state index in [4.69, 9.17) is 5.73 Å². The van der Waals surface area contributed by atoms with Crippen LogP contribution in [0.25, 0.3) is 0 Å². The van der Waals surface area contributed by atoms with Crippen LogP contribution in [0.2, 0.25) is 0 Å². The van der Waals surface area contributed by atoms with Gasteiger partial charge in [0.25, 0.3) is 0 Å². The lowest BCUT2D eigenvalue weighted by atomic mass is 10.2. The van der Waals surface area contributed by atoms with Crippen LogP contribution in [-0.4, -0.2) is 21.0 Å². The summed E-state index contributed by atoms with van der Waals surface area (Å²) < 4.78 is 0. The van der Waals surface area contributed by atoms with Crippen LogP contribution >= 0.6 is 11.3 Å². The van der Waals surface area contributed by atoms with Gasteiger partial charge in [-0.2, -0.15) is 0 Å². The number of anilines is 2. The zero-order valence-electron chi connectivity index (χ0n) is 10.1. The van der Waals surface area contributed by atoms with Crippen molar-refractivity contribution < 1.29 is 4.79 Å². The van der Waals surface area contributed by atoms with Gasteiger partial charge < -0.3 is 5.73 Å². The summed E-state index contributed by atoms with van der Waals surface area (Å²) in [6, 6.07) is -0.625. The number of hydrogen-bond donors (Lipinski definition) is 1. The van der Waals surface area contributed by atoms with Gasteiger partial charge in [-0.3, -0.25) is 4.98 Å². The minimum atomic E-state index is -0.625. The van der Waals surface area contributed by atoms with Crippen molar-refractivity contribution in [2.75, 3.05) is 4.90 Å². The first-order chi connectivity index (χ1) is 8.59. The molecule has 0 atom stereocenters. The van der Waals surface area contributed by atoms with E-state index in [1.807, 2.05) is 0 Å². The predicted octanol–water partition coefficient (Wildman–Crippen LogP) is 2.27. The van der Waals surface area contributed by atoms with Crippen LogP contribution in [0.5, 0.6) is 0 Å². The molecule has 2 aromatic rings. The summed E-state index contributed by atoms with van der Waals surface area (Å²) in [6.45, 7) is 4.13. The molecule has 2 rings (SSSR count). The summed E-state index contributed by atoms with van der Waals surface area (Å²) in [5.41, 5.74) is 5.37. The summed E-state index contributed by atoms with van der Waals surface area (Å²) in [4.78, 5) is 26.1. The van der Waals surface area contributed by atoms with Gasteiger partial charge >= 0.3 is 6.03 Å². The second kappa shape index (κ2) is 5.09. The molecule has 0 aliphatic carbocycles. The topological polar surface area (TPSA) is 85.0 Å². The number of carbonyl (C=O) groups excluding carboxylic acids is 1. The fraction of sp³-hybridized carbons (Fsp3) is 0.273. The Hall–Kier alpha value is -2.02. The molecule has 0 saturated carbocycles. The monoisotopic (exact) mass is 263 g/mol. The highest BCUT2D eigenvalue weighted by molar-refractivity contribution is 7.15. The minimum absolute atomic E-state index is 0.354. The van der Waals surface area contributed by atoms with Crippen molar-refractivity contribution in [1.29, 1.82) is 0 Å². The van der Waals surface area contributed by atoms with Crippen LogP contribution < -0.4 is 10.6 Å². The second-order valence-electron chi connectivity index (χ2n) is 3.94. The lowest BCUT2D eigenvalue weighted by Gasteiger charge is -2.15. The smallest absolute Gasteiger partial charge is 0.327 e. The van der Waals surface area contributed by atoms with Crippen molar-refractivity contribution in [2.45, 2.75) is 19.8 Å². The van der Waals surface area contributed by atoms with Crippen molar-refractivity contribution in [3.63, 3.8) is 0 Å². The summed E-state index contributed by atoms with van der Waals surface area (Å²) >= 11 is 1.42. The van der Waals surface area contributed by atoms with E-state index in [0.717, 1.165) is 4.88 Å². The molecule has 0 saturated heterocycles. The third-order valence-corrected chi connectivity index (χ3v) is 3.55. The van der Waals surface area contributed by atoms with E-state index in [-0.39, 0.29) is 0 Å². The van der Waals surface area contributed by atoms with Gasteiger partial charge in [-0.25, -0.2) is 19.7 Å². The van der Waals surface area contributed by atoms with Crippen LogP contribution in [0, 0.1) is 0 Å². The molecule has 2 amide bonds. The largest absolute Gasteiger partial charge is 0.351 e. The standard InChI is InChI=1S/C11H13N5OS/c1-7(2)8-5-15-11(18-8)16(10(12)17)9-6-13-3-4-14-9/h3-7H,1-2H3,(H2,12,17). The molecule has 2 heterocycles. The van der Waals surface area contributed by atoms with Crippen molar-refractivity contribution in [3.8, 4) is 0 Å². The molecule has 94 valence electrons. The zero-order chi connectivity index (χ0) is 13.1. The average molecular weight is 263 g/mol. The maximum Gasteiger partial charge on any atom is 0.327 e. The SMILES string of the molecule is CC(C)c1cnc(N(C(N)=O)c2cnccn2)s1. The number of nitrogens with two attached hydrogens (primary N) is 1. The predicted molar refractivity (Wildman–Crippen MR) is 70.0 cm³/mol. The molecule has 0 aliphatic rings. The summed E-state index contributed by atoms with van der Waals surface area (Å²) in [6.07, 6.45) is 6.25. The van der Waals surface area contributed by atoms with Gasteiger partial charge in [-0.05, 0) is 5.92 Å². The molecule has 0 aromatic carbocycles. The first-order valence-corrected chi connectivity index (χ1v) is 6.22. The molecular weight excluding hydrogens is 250 g/mol. The number of amides is 2. The third kappa shape index (κ3) is 2.45. The van der Waals surface area contributed by atoms with E-state index in [1.165, 1.54) is 34.8 Å². The second-order valence-corrected chi connectivity index (χ2v) is 4.98. The van der Waals surface area contributed by atoms with Gasteiger partial charge in [0.05, 0.1) is 6.20 Å². The first kappa shape index (κ1) is 12.4. The van der Waals surface area contributed by atoms with Gasteiger partial charge in [-0.1, -0.05) is 13.8 Å². The van der Waals surface area contributed by atoms with Crippen molar-refractivity contribution in [3.05, 3.63) is 29.7 Å². The van der Waals surface area contributed by atoms with E-state index in [2.05, 4.69) is 28.8 Å². The highest BCUT2D eigenvalue weighted by Crippen LogP contribution is 2.31. The molecule has 7 heteroatoms. The number of rotatable bonds is 3. The van der Waals surface area contributed by atoms with Crippen LogP contribution in [0.4, 0.5) is 15.7 Å². The normalized spacial score (nSPS) is 10.6. The number of aromatic nitrogens is 3. The average Bonchev–Trinajstić information content (AvgIpc) is 2.79. The first-order valence-electron chi connectivity index (χ1n) is 5.41. The van der Waals surface area contributed by atoms with E-state index < -0.39 is 6.03 Å². The molecule has 2 aromatic heterocycles. The number of urea groups is 1. The number of hydrogen-bond acceptors (Lipinski definition) is 5. The zero-order valence-corrected chi connectivity index (χ0v) is 10.9. The number of carbonyl (C=O) groups is 1. The molecule has 6 nitrogen and oxygen atoms in total. The molecule has 0 bridgehead atoms. The highest BCUT2D eigenvalue weighted by atomic mass is 32.1. The summed E-state index contributed by atoms with van der Waals surface area (Å²) in [7, 11) is 0. The fourth-order valence-electron chi connectivity index (χ4n) is 1.36. The van der Waals surface area contributed by atoms with Crippen LogP contribution in [0.15, 0.2) is 24.8 Å². The molecule has 0 spiro atoms. The quantitative estimate of drug-likeness (QED) is 0.920. The van der Waals surface area contributed by atoms with Gasteiger partial charge in [0.15, 0.2) is 10.9 Å². The molecule has 0 radical (unpaired) electrons. The number of nitrogens with zero attached hydrogens (tertiary/aromatic N) is 4. The van der Waals surface area contributed by atoms with Crippen molar-refractivity contribution in [2.24, 2.45) is 5.73 Å². The Balaban J connectivity index is 2.39. The molecule has 0 unspecified atom stereocenters. The fourth-order valence-corrected chi connectivity index (χ4v) is 2.29. The number of thiazole rings is 1. The summed E-state index contributed by atoms with van der Waals surface area (Å²) in [5, 5.41) is 0.506. The molecule has 2 N–H and O–H groups in total. The maximum absolute atomic E-state index is 11.5. The van der Waals surface area contributed by atoms with Crippen molar-refractivity contribution in [1.82, 2.24) is 15.0 Å². The van der Waals surface area contributed by atoms with Crippen LogP contribution in [0.1, 0.15) is 24.6 Å². The molecule has 0 aliphatic heterocycles. The third-order valence-electron chi connectivity index (χ3n) is 2.27. The Kier molecular flexibility index (Phi) is 3.52. The lowest BCUT2D eigenvalue weighted by Crippen LogP contribution is -2.32. The van der Waals surface area contributed by atoms with Gasteiger partial charge in [0, 0.05) is 23.5 Å². The Bertz CT molecular complexity index is 539. The maximum atomic E-state index is 11.5. The van der Waals surface area contributed by atoms with Gasteiger partial charge in [0.2, 0.25) is 0 Å². The Labute approximate surface area is 109 Å². The number of primary amides is 1. The van der Waals surface area contributed by atoms with E-state index in [0.29, 0.717) is 16.9 Å². The highest BCUT2D eigenvalue weighted by Gasteiger charge is 2.20. The van der Waals surface area contributed by atoms with Crippen LogP contribution in [0.3, 0.4) is 0 Å². The van der Waals surface area contributed by atoms with Crippen LogP contribution in [-0.2, 0) is 0 Å². The molecule has 0 fully saturated rings. The Morgan fingerprint density at radius 1 is 1.33 bits per heavy atom. The van der Waals surface area contributed by atoms with Gasteiger partial charge in [0.1, 0.15) is 0 Å². The van der Waals surface area contributed by atoms with E-state index in [9.17, 15) is 4.79 Å². The minimum Gasteiger partial charge on any atom is -0.351 e. The molecule has 18 heavy (non-hydrogen) atoms. The Morgan fingerprint density at radius 3 is 2.61 bits per heavy atom. The summed E-state index contributed by atoms with van der Waals surface area (Å²) in [5.74, 6) is 0.725. The Morgan fingerprint density at radius 2 is 2.11 bits per heavy atom. The van der Waals surface area contributed by atoms with Gasteiger partial charge in [-0.15, -0.1) is 11.3 Å². The van der Waals surface area contributed by atoms with E-state index >= 15 is 0 Å². The lowest BCUT2D eigenvalue weighted by molar-refractivity contribution is 0.256. The van der Waals surface area contributed by atoms with Crippen molar-refractivity contribution >= 4 is 28.3 Å². The molecular formula is C11H13N5OS. The van der Waals surface area contributed by atoms with E-state index in [1.54, 1.807) is 6.20 Å².